The Kier molecular flexibility index (Phi) is 7.87. The van der Waals surface area contributed by atoms with Crippen LogP contribution in [-0.2, 0) is 0 Å². The van der Waals surface area contributed by atoms with E-state index in [4.69, 9.17) is 0 Å². The van der Waals surface area contributed by atoms with Gasteiger partial charge in [-0.3, -0.25) is 0 Å². The van der Waals surface area contributed by atoms with Crippen LogP contribution in [0, 0.1) is 11.8 Å². The molecule has 3 rings (SSSR count). The molecule has 6 heteroatoms. The zero-order valence-electron chi connectivity index (χ0n) is 22.7. The molecule has 1 saturated heterocycles. The van der Waals surface area contributed by atoms with Gasteiger partial charge < -0.3 is 14.4 Å². The zero-order chi connectivity index (χ0) is 23.4. The van der Waals surface area contributed by atoms with Crippen LogP contribution in [0.3, 0.4) is 0 Å². The molecule has 0 radical (unpaired) electrons. The van der Waals surface area contributed by atoms with Crippen LogP contribution in [0.4, 0.5) is 0 Å². The Bertz CT molecular complexity index is 568. The Hall–Kier alpha value is -0.185. The van der Waals surface area contributed by atoms with Gasteiger partial charge in [-0.1, -0.05) is 95.2 Å². The van der Waals surface area contributed by atoms with Gasteiger partial charge in [-0.2, -0.15) is 0 Å². The molecule has 0 aromatic carbocycles. The van der Waals surface area contributed by atoms with Crippen molar-refractivity contribution in [3.63, 3.8) is 0 Å². The first-order valence-corrected chi connectivity index (χ1v) is 13.4. The monoisotopic (exact) mass is 425 g/mol. The molecule has 0 aromatic rings. The minimum Gasteiger partial charge on any atom is -0.348 e. The van der Waals surface area contributed by atoms with Gasteiger partial charge in [0.15, 0.2) is 6.63 Å². The first kappa shape index (κ1) is 25.4. The fourth-order valence-electron chi connectivity index (χ4n) is 8.48. The van der Waals surface area contributed by atoms with Gasteiger partial charge in [0.2, 0.25) is 13.5 Å². The van der Waals surface area contributed by atoms with Crippen LogP contribution >= 0.6 is 0 Å². The first-order chi connectivity index (χ1) is 14.4. The highest BCUT2D eigenvalue weighted by molar-refractivity contribution is 7.51. The number of nitrogens with zero attached hydrogens (tertiary/aromatic N) is 3. The van der Waals surface area contributed by atoms with Crippen molar-refractivity contribution in [3.8, 4) is 0 Å². The van der Waals surface area contributed by atoms with Crippen LogP contribution in [0.5, 0.6) is 0 Å². The van der Waals surface area contributed by atoms with E-state index in [0.717, 1.165) is 23.5 Å². The molecular weight excluding hydrogens is 375 g/mol. The van der Waals surface area contributed by atoms with E-state index in [1.54, 1.807) is 0 Å². The summed E-state index contributed by atoms with van der Waals surface area (Å²) in [6.07, 6.45) is 6.59. The second-order valence-electron chi connectivity index (χ2n) is 12.5. The van der Waals surface area contributed by atoms with Gasteiger partial charge >= 0.3 is 0 Å². The van der Waals surface area contributed by atoms with Crippen molar-refractivity contribution in [1.29, 1.82) is 0 Å². The van der Waals surface area contributed by atoms with Crippen molar-refractivity contribution in [2.45, 2.75) is 137 Å². The maximum absolute atomic E-state index is 2.91. The van der Waals surface area contributed by atoms with Crippen molar-refractivity contribution >= 4 is 20.1 Å². The van der Waals surface area contributed by atoms with E-state index in [1.807, 2.05) is 0 Å². The molecule has 1 aliphatic heterocycles. The van der Waals surface area contributed by atoms with E-state index < -0.39 is 0 Å². The summed E-state index contributed by atoms with van der Waals surface area (Å²) >= 11 is 0. The van der Waals surface area contributed by atoms with E-state index >= 15 is 0 Å². The fraction of sp³-hybridized carbons (Fsp3) is 0.920. The second-order valence-corrected chi connectivity index (χ2v) is 12.5. The SMILES string of the molecule is CC(C)N(B1B(N(C(C)C)C(C)C)[C@@H]2[C@H](B1N(C(C)C)C(C)C)[C@H]1C=C[C@@H]2C1)C(C)C. The summed E-state index contributed by atoms with van der Waals surface area (Å²) in [5, 5.41) is 0. The summed E-state index contributed by atoms with van der Waals surface area (Å²) in [6, 6.07) is 3.40. The van der Waals surface area contributed by atoms with Crippen molar-refractivity contribution in [2.75, 3.05) is 0 Å². The molecule has 3 nitrogen and oxygen atoms in total. The van der Waals surface area contributed by atoms with Gasteiger partial charge in [-0.05, 0) is 66.1 Å². The lowest BCUT2D eigenvalue weighted by Gasteiger charge is -2.48. The quantitative estimate of drug-likeness (QED) is 0.360. The largest absolute Gasteiger partial charge is 0.348 e. The van der Waals surface area contributed by atoms with Crippen LogP contribution in [0.2, 0.25) is 11.6 Å². The fourth-order valence-corrected chi connectivity index (χ4v) is 8.48. The normalized spacial score (nSPS) is 28.2. The Balaban J connectivity index is 2.22. The van der Waals surface area contributed by atoms with E-state index in [1.165, 1.54) is 6.42 Å². The molecule has 0 spiro atoms. The maximum Gasteiger partial charge on any atom is 0.205 e. The van der Waals surface area contributed by atoms with Gasteiger partial charge in [0.05, 0.1) is 0 Å². The molecule has 0 amide bonds. The lowest BCUT2D eigenvalue weighted by Crippen LogP contribution is -2.72. The summed E-state index contributed by atoms with van der Waals surface area (Å²) in [7, 11) is 0. The standard InChI is InChI=1S/C25H50B3N3/c1-16(2)29(17(3)4)26-24-22-13-14-23(15-22)25(24)27(30(18(5)6)19(7)8)28(26)31(20(9)10)21(11)12/h13-14,16-25H,15H2,1-12H3/t22-,23+,24+,25-. The van der Waals surface area contributed by atoms with E-state index in [9.17, 15) is 0 Å². The molecule has 0 aromatic heterocycles. The van der Waals surface area contributed by atoms with Gasteiger partial charge in [0.1, 0.15) is 0 Å². The molecule has 2 bridgehead atoms. The van der Waals surface area contributed by atoms with Gasteiger partial charge in [0, 0.05) is 0 Å². The van der Waals surface area contributed by atoms with E-state index in [0.29, 0.717) is 56.4 Å². The van der Waals surface area contributed by atoms with Crippen molar-refractivity contribution in [3.05, 3.63) is 12.2 Å². The van der Waals surface area contributed by atoms with Crippen LogP contribution in [0.1, 0.15) is 89.5 Å². The molecule has 1 heterocycles. The molecule has 0 N–H and O–H groups in total. The summed E-state index contributed by atoms with van der Waals surface area (Å²) in [4.78, 5) is 8.73. The predicted molar refractivity (Wildman–Crippen MR) is 142 cm³/mol. The smallest absolute Gasteiger partial charge is 0.205 e. The minimum atomic E-state index is 0.557. The van der Waals surface area contributed by atoms with Crippen LogP contribution in [0.25, 0.3) is 0 Å². The predicted octanol–water partition coefficient (Wildman–Crippen LogP) is 5.43. The Morgan fingerprint density at radius 1 is 0.516 bits per heavy atom. The third-order valence-corrected chi connectivity index (χ3v) is 8.68. The number of hydrogen-bond acceptors (Lipinski definition) is 3. The van der Waals surface area contributed by atoms with Crippen LogP contribution in [-0.4, -0.2) is 70.8 Å². The number of fused-ring (bicyclic) bond motifs is 5. The Morgan fingerprint density at radius 3 is 1.06 bits per heavy atom. The highest BCUT2D eigenvalue weighted by Crippen LogP contribution is 2.63. The highest BCUT2D eigenvalue weighted by atomic mass is 15.2. The first-order valence-electron chi connectivity index (χ1n) is 13.4. The average molecular weight is 425 g/mol. The Morgan fingerprint density at radius 2 is 0.806 bits per heavy atom. The van der Waals surface area contributed by atoms with E-state index in [-0.39, 0.29) is 0 Å². The maximum atomic E-state index is 2.91. The summed E-state index contributed by atoms with van der Waals surface area (Å²) < 4.78 is 0. The lowest BCUT2D eigenvalue weighted by molar-refractivity contribution is 0.285. The number of allylic oxidation sites excluding steroid dienone is 2. The van der Waals surface area contributed by atoms with Gasteiger partial charge in [0.25, 0.3) is 0 Å². The molecular formula is C25H50B3N3. The summed E-state index contributed by atoms with van der Waals surface area (Å²) in [5.41, 5.74) is 0. The van der Waals surface area contributed by atoms with Crippen molar-refractivity contribution in [2.24, 2.45) is 11.8 Å². The molecule has 3 aliphatic rings. The van der Waals surface area contributed by atoms with Crippen LogP contribution in [0.15, 0.2) is 12.2 Å². The molecule has 4 atom stereocenters. The molecule has 2 fully saturated rings. The van der Waals surface area contributed by atoms with Gasteiger partial charge in [-0.15, -0.1) is 0 Å². The molecule has 2 aliphatic carbocycles. The Labute approximate surface area is 196 Å². The van der Waals surface area contributed by atoms with E-state index in [2.05, 4.69) is 110 Å². The zero-order valence-corrected chi connectivity index (χ0v) is 22.7. The average Bonchev–Trinajstić information content (AvgIpc) is 3.28. The topological polar surface area (TPSA) is 9.72 Å². The molecule has 31 heavy (non-hydrogen) atoms. The van der Waals surface area contributed by atoms with Crippen molar-refractivity contribution in [1.82, 2.24) is 14.4 Å². The second kappa shape index (κ2) is 9.59. The van der Waals surface area contributed by atoms with Gasteiger partial charge in [-0.25, -0.2) is 0 Å². The molecule has 174 valence electrons. The third-order valence-electron chi connectivity index (χ3n) is 8.68. The third kappa shape index (κ3) is 4.35. The molecule has 1 saturated carbocycles. The summed E-state index contributed by atoms with van der Waals surface area (Å²) in [5.74, 6) is 3.12. The number of hydrogen-bond donors (Lipinski definition) is 0. The summed E-state index contributed by atoms with van der Waals surface area (Å²) in [6.45, 7) is 31.0. The van der Waals surface area contributed by atoms with Crippen molar-refractivity contribution < 1.29 is 0 Å². The lowest BCUT2D eigenvalue weighted by atomic mass is 9.01. The molecule has 0 unspecified atom stereocenters. The number of rotatable bonds is 9. The van der Waals surface area contributed by atoms with Crippen LogP contribution < -0.4 is 0 Å². The highest BCUT2D eigenvalue weighted by Gasteiger charge is 2.69. The minimum absolute atomic E-state index is 0.557.